The molecule has 16 heavy (non-hydrogen) atoms. The van der Waals surface area contributed by atoms with Crippen molar-refractivity contribution in [1.82, 2.24) is 0 Å². The molecular weight excluding hydrogens is 204 g/mol. The second-order valence-corrected chi connectivity index (χ2v) is 3.61. The van der Waals surface area contributed by atoms with Crippen LogP contribution in [-0.2, 0) is 0 Å². The highest BCUT2D eigenvalue weighted by Crippen LogP contribution is 2.17. The summed E-state index contributed by atoms with van der Waals surface area (Å²) in [4.78, 5) is 11.6. The van der Waals surface area contributed by atoms with Crippen molar-refractivity contribution in [3.63, 3.8) is 0 Å². The molecule has 3 heteroatoms. The summed E-state index contributed by atoms with van der Waals surface area (Å²) in [6, 6.07) is 8.74. The Bertz CT molecular complexity index is 498. The zero-order valence-corrected chi connectivity index (χ0v) is 9.19. The van der Waals surface area contributed by atoms with Gasteiger partial charge in [0.05, 0.1) is 6.26 Å². The van der Waals surface area contributed by atoms with Gasteiger partial charge in [0, 0.05) is 0 Å². The first-order chi connectivity index (χ1) is 7.66. The number of carbonyl (C=O) groups excluding carboxylic acids is 1. The fourth-order valence-electron chi connectivity index (χ4n) is 1.33. The molecule has 3 nitrogen and oxygen atoms in total. The van der Waals surface area contributed by atoms with Crippen molar-refractivity contribution in [2.75, 3.05) is 0 Å². The molecular formula is C13H12O3. The maximum absolute atomic E-state index is 11.6. The number of rotatable bonds is 2. The van der Waals surface area contributed by atoms with Crippen molar-refractivity contribution in [3.05, 3.63) is 53.5 Å². The van der Waals surface area contributed by atoms with E-state index in [1.807, 2.05) is 26.0 Å². The predicted molar refractivity (Wildman–Crippen MR) is 59.6 cm³/mol. The van der Waals surface area contributed by atoms with Gasteiger partial charge < -0.3 is 9.15 Å². The van der Waals surface area contributed by atoms with E-state index in [1.54, 1.807) is 18.2 Å². The highest BCUT2D eigenvalue weighted by Gasteiger charge is 2.11. The normalized spacial score (nSPS) is 10.1. The summed E-state index contributed by atoms with van der Waals surface area (Å²) >= 11 is 0. The van der Waals surface area contributed by atoms with Crippen LogP contribution in [0.3, 0.4) is 0 Å². The number of furan rings is 1. The van der Waals surface area contributed by atoms with Gasteiger partial charge in [-0.3, -0.25) is 0 Å². The molecule has 0 atom stereocenters. The molecule has 0 unspecified atom stereocenters. The lowest BCUT2D eigenvalue weighted by atomic mass is 10.1. The lowest BCUT2D eigenvalue weighted by molar-refractivity contribution is 0.0701. The summed E-state index contributed by atoms with van der Waals surface area (Å²) in [5.74, 6) is 0.260. The molecule has 0 spiro atoms. The van der Waals surface area contributed by atoms with E-state index in [0.717, 1.165) is 11.1 Å². The molecule has 1 heterocycles. The summed E-state index contributed by atoms with van der Waals surface area (Å²) in [7, 11) is 0. The van der Waals surface area contributed by atoms with Crippen LogP contribution in [0.25, 0.3) is 0 Å². The molecule has 1 aromatic heterocycles. The number of hydrogen-bond donors (Lipinski definition) is 0. The lowest BCUT2D eigenvalue weighted by Crippen LogP contribution is -2.07. The van der Waals surface area contributed by atoms with Gasteiger partial charge in [-0.05, 0) is 49.2 Å². The molecule has 0 saturated carbocycles. The van der Waals surface area contributed by atoms with Crippen LogP contribution in [0.1, 0.15) is 21.7 Å². The maximum atomic E-state index is 11.6. The highest BCUT2D eigenvalue weighted by molar-refractivity contribution is 5.88. The maximum Gasteiger partial charge on any atom is 0.379 e. The number of esters is 1. The van der Waals surface area contributed by atoms with Crippen molar-refractivity contribution in [2.45, 2.75) is 13.8 Å². The Morgan fingerprint density at radius 1 is 1.19 bits per heavy atom. The monoisotopic (exact) mass is 216 g/mol. The van der Waals surface area contributed by atoms with Gasteiger partial charge in [0.15, 0.2) is 0 Å². The van der Waals surface area contributed by atoms with E-state index in [2.05, 4.69) is 0 Å². The summed E-state index contributed by atoms with van der Waals surface area (Å²) in [5.41, 5.74) is 2.25. The number of ether oxygens (including phenoxy) is 1. The lowest BCUT2D eigenvalue weighted by Gasteiger charge is -2.05. The SMILES string of the molecule is Cc1ccc(OC(=O)c2ccco2)cc1C. The molecule has 2 rings (SSSR count). The minimum Gasteiger partial charge on any atom is -0.457 e. The van der Waals surface area contributed by atoms with Crippen LogP contribution in [-0.4, -0.2) is 5.97 Å². The van der Waals surface area contributed by atoms with Gasteiger partial charge in [-0.25, -0.2) is 4.79 Å². The molecule has 0 aliphatic carbocycles. The molecule has 0 aliphatic rings. The van der Waals surface area contributed by atoms with E-state index in [0.29, 0.717) is 5.75 Å². The number of benzene rings is 1. The first kappa shape index (κ1) is 10.5. The van der Waals surface area contributed by atoms with Gasteiger partial charge in [-0.2, -0.15) is 0 Å². The van der Waals surface area contributed by atoms with Gasteiger partial charge in [0.1, 0.15) is 5.75 Å². The molecule has 0 saturated heterocycles. The first-order valence-electron chi connectivity index (χ1n) is 5.00. The van der Waals surface area contributed by atoms with Crippen LogP contribution in [0.5, 0.6) is 5.75 Å². The predicted octanol–water partition coefficient (Wildman–Crippen LogP) is 3.12. The first-order valence-corrected chi connectivity index (χ1v) is 5.00. The van der Waals surface area contributed by atoms with Crippen LogP contribution < -0.4 is 4.74 Å². The standard InChI is InChI=1S/C13H12O3/c1-9-5-6-11(8-10(9)2)16-13(14)12-4-3-7-15-12/h3-8H,1-2H3. The smallest absolute Gasteiger partial charge is 0.379 e. The Labute approximate surface area is 93.7 Å². The van der Waals surface area contributed by atoms with Crippen molar-refractivity contribution in [1.29, 1.82) is 0 Å². The van der Waals surface area contributed by atoms with Gasteiger partial charge in [-0.15, -0.1) is 0 Å². The van der Waals surface area contributed by atoms with E-state index in [4.69, 9.17) is 9.15 Å². The molecule has 0 radical (unpaired) electrons. The van der Waals surface area contributed by atoms with Crippen LogP contribution in [0, 0.1) is 13.8 Å². The Balaban J connectivity index is 2.15. The van der Waals surface area contributed by atoms with Gasteiger partial charge in [0.25, 0.3) is 0 Å². The van der Waals surface area contributed by atoms with Gasteiger partial charge >= 0.3 is 5.97 Å². The molecule has 0 aliphatic heterocycles. The van der Waals surface area contributed by atoms with Crippen molar-refractivity contribution in [3.8, 4) is 5.75 Å². The number of hydrogen-bond acceptors (Lipinski definition) is 3. The highest BCUT2D eigenvalue weighted by atomic mass is 16.5. The topological polar surface area (TPSA) is 39.4 Å². The van der Waals surface area contributed by atoms with E-state index in [1.165, 1.54) is 6.26 Å². The average molecular weight is 216 g/mol. The van der Waals surface area contributed by atoms with Crippen LogP contribution in [0.15, 0.2) is 41.0 Å². The van der Waals surface area contributed by atoms with Crippen LogP contribution in [0.2, 0.25) is 0 Å². The summed E-state index contributed by atoms with van der Waals surface area (Å²) in [5, 5.41) is 0. The van der Waals surface area contributed by atoms with E-state index in [-0.39, 0.29) is 5.76 Å². The second-order valence-electron chi connectivity index (χ2n) is 3.61. The second kappa shape index (κ2) is 4.23. The molecule has 0 amide bonds. The number of carbonyl (C=O) groups is 1. The Kier molecular flexibility index (Phi) is 2.77. The zero-order valence-electron chi connectivity index (χ0n) is 9.19. The Hall–Kier alpha value is -2.03. The summed E-state index contributed by atoms with van der Waals surface area (Å²) in [6.07, 6.45) is 1.44. The molecule has 82 valence electrons. The largest absolute Gasteiger partial charge is 0.457 e. The van der Waals surface area contributed by atoms with E-state index in [9.17, 15) is 4.79 Å². The minimum absolute atomic E-state index is 0.207. The van der Waals surface area contributed by atoms with Crippen molar-refractivity contribution >= 4 is 5.97 Å². The molecule has 0 N–H and O–H groups in total. The van der Waals surface area contributed by atoms with Crippen molar-refractivity contribution in [2.24, 2.45) is 0 Å². The third-order valence-corrected chi connectivity index (χ3v) is 2.41. The molecule has 1 aromatic carbocycles. The molecule has 0 fully saturated rings. The number of aryl methyl sites for hydroxylation is 2. The zero-order chi connectivity index (χ0) is 11.5. The summed E-state index contributed by atoms with van der Waals surface area (Å²) < 4.78 is 10.1. The van der Waals surface area contributed by atoms with Crippen molar-refractivity contribution < 1.29 is 13.9 Å². The van der Waals surface area contributed by atoms with Gasteiger partial charge in [0.2, 0.25) is 5.76 Å². The molecule has 2 aromatic rings. The quantitative estimate of drug-likeness (QED) is 0.572. The Morgan fingerprint density at radius 3 is 2.62 bits per heavy atom. The van der Waals surface area contributed by atoms with E-state index < -0.39 is 5.97 Å². The fourth-order valence-corrected chi connectivity index (χ4v) is 1.33. The van der Waals surface area contributed by atoms with Gasteiger partial charge in [-0.1, -0.05) is 6.07 Å². The Morgan fingerprint density at radius 2 is 2.00 bits per heavy atom. The third kappa shape index (κ3) is 2.14. The average Bonchev–Trinajstić information content (AvgIpc) is 2.77. The summed E-state index contributed by atoms with van der Waals surface area (Å²) in [6.45, 7) is 3.98. The van der Waals surface area contributed by atoms with Crippen LogP contribution >= 0.6 is 0 Å². The molecule has 0 bridgehead atoms. The van der Waals surface area contributed by atoms with Crippen LogP contribution in [0.4, 0.5) is 0 Å². The third-order valence-electron chi connectivity index (χ3n) is 2.41. The van der Waals surface area contributed by atoms with E-state index >= 15 is 0 Å². The minimum atomic E-state index is -0.478. The fraction of sp³-hybridized carbons (Fsp3) is 0.154.